The molecule has 33 heavy (non-hydrogen) atoms. The number of amides is 1. The van der Waals surface area contributed by atoms with Gasteiger partial charge in [0.15, 0.2) is 6.61 Å². The minimum Gasteiger partial charge on any atom is -0.385 e. The van der Waals surface area contributed by atoms with E-state index in [1.165, 1.54) is 18.3 Å². The van der Waals surface area contributed by atoms with Crippen molar-refractivity contribution in [2.45, 2.75) is 18.7 Å². The van der Waals surface area contributed by atoms with Crippen molar-refractivity contribution >= 4 is 33.5 Å². The highest BCUT2D eigenvalue weighted by Crippen LogP contribution is 2.19. The van der Waals surface area contributed by atoms with Crippen LogP contribution >= 0.6 is 0 Å². The van der Waals surface area contributed by atoms with Gasteiger partial charge in [-0.2, -0.15) is 5.10 Å². The molecule has 8 nitrogen and oxygen atoms in total. The van der Waals surface area contributed by atoms with Gasteiger partial charge < -0.3 is 4.84 Å². The van der Waals surface area contributed by atoms with Crippen LogP contribution in [0.1, 0.15) is 23.6 Å². The second-order valence-electron chi connectivity index (χ2n) is 7.12. The van der Waals surface area contributed by atoms with Crippen LogP contribution in [0.4, 0.5) is 5.69 Å². The van der Waals surface area contributed by atoms with Gasteiger partial charge in [-0.15, -0.1) is 0 Å². The quantitative estimate of drug-likeness (QED) is 0.372. The number of hydrogen-bond acceptors (Lipinski definition) is 6. The van der Waals surface area contributed by atoms with Crippen LogP contribution < -0.4 is 10.1 Å². The Hall–Kier alpha value is -3.98. The number of rotatable bonds is 9. The maximum Gasteiger partial charge on any atom is 0.280 e. The van der Waals surface area contributed by atoms with Gasteiger partial charge in [0.2, 0.25) is 0 Å². The molecule has 0 spiro atoms. The second kappa shape index (κ2) is 11.1. The number of oxime groups is 1. The van der Waals surface area contributed by atoms with Crippen molar-refractivity contribution < 1.29 is 18.0 Å². The lowest BCUT2D eigenvalue weighted by Crippen LogP contribution is -2.22. The van der Waals surface area contributed by atoms with Gasteiger partial charge in [0, 0.05) is 5.56 Å². The maximum absolute atomic E-state index is 12.7. The first kappa shape index (κ1) is 23.7. The largest absolute Gasteiger partial charge is 0.385 e. The van der Waals surface area contributed by atoms with Crippen molar-refractivity contribution in [3.05, 3.63) is 95.6 Å². The molecule has 0 unspecified atom stereocenters. The predicted molar refractivity (Wildman–Crippen MR) is 129 cm³/mol. The number of nitrogens with one attached hydrogen (secondary N) is 2. The molecule has 3 rings (SSSR count). The van der Waals surface area contributed by atoms with Crippen LogP contribution in [0.15, 0.2) is 94.0 Å². The number of benzene rings is 3. The van der Waals surface area contributed by atoms with Crippen LogP contribution in [0.2, 0.25) is 0 Å². The fourth-order valence-electron chi connectivity index (χ4n) is 2.75. The van der Waals surface area contributed by atoms with E-state index in [0.29, 0.717) is 17.0 Å². The van der Waals surface area contributed by atoms with Crippen molar-refractivity contribution in [2.75, 3.05) is 11.3 Å². The van der Waals surface area contributed by atoms with Crippen molar-refractivity contribution in [3.63, 3.8) is 0 Å². The Kier molecular flexibility index (Phi) is 7.93. The van der Waals surface area contributed by atoms with Gasteiger partial charge in [-0.05, 0) is 37.6 Å². The summed E-state index contributed by atoms with van der Waals surface area (Å²) in [4.78, 5) is 17.2. The van der Waals surface area contributed by atoms with Gasteiger partial charge in [-0.25, -0.2) is 13.8 Å². The summed E-state index contributed by atoms with van der Waals surface area (Å²) in [6.45, 7) is 3.34. The summed E-state index contributed by atoms with van der Waals surface area (Å²) in [6, 6.07) is 22.7. The number of carbonyl (C=O) groups is 1. The highest BCUT2D eigenvalue weighted by Gasteiger charge is 2.15. The summed E-state index contributed by atoms with van der Waals surface area (Å²) < 4.78 is 27.9. The molecule has 0 aromatic heterocycles. The molecule has 3 aromatic carbocycles. The zero-order valence-corrected chi connectivity index (χ0v) is 19.0. The molecule has 0 saturated carbocycles. The van der Waals surface area contributed by atoms with Gasteiger partial charge in [-0.1, -0.05) is 71.4 Å². The Labute approximate surface area is 193 Å². The van der Waals surface area contributed by atoms with Crippen LogP contribution in [0.3, 0.4) is 0 Å². The van der Waals surface area contributed by atoms with E-state index in [2.05, 4.69) is 20.4 Å². The molecule has 9 heteroatoms. The second-order valence-corrected chi connectivity index (χ2v) is 8.80. The van der Waals surface area contributed by atoms with Gasteiger partial charge >= 0.3 is 0 Å². The molecule has 0 bridgehead atoms. The Morgan fingerprint density at radius 2 is 1.64 bits per heavy atom. The number of para-hydroxylation sites is 1. The Morgan fingerprint density at radius 3 is 2.36 bits per heavy atom. The van der Waals surface area contributed by atoms with E-state index in [1.54, 1.807) is 43.3 Å². The lowest BCUT2D eigenvalue weighted by Gasteiger charge is -2.10. The summed E-state index contributed by atoms with van der Waals surface area (Å²) in [7, 11) is -3.77. The van der Waals surface area contributed by atoms with Gasteiger partial charge in [0.1, 0.15) is 0 Å². The maximum atomic E-state index is 12.7. The van der Waals surface area contributed by atoms with E-state index >= 15 is 0 Å². The lowest BCUT2D eigenvalue weighted by atomic mass is 10.1. The zero-order valence-electron chi connectivity index (χ0n) is 18.2. The summed E-state index contributed by atoms with van der Waals surface area (Å²) in [6.07, 6.45) is 1.35. The Morgan fingerprint density at radius 1 is 0.970 bits per heavy atom. The molecule has 0 saturated heterocycles. The topological polar surface area (TPSA) is 109 Å². The first-order chi connectivity index (χ1) is 15.8. The zero-order chi connectivity index (χ0) is 23.7. The molecule has 0 aliphatic heterocycles. The molecular formula is C24H24N4O4S. The van der Waals surface area contributed by atoms with Crippen LogP contribution in [0.25, 0.3) is 0 Å². The fraction of sp³-hybridized carbons (Fsp3) is 0.125. The van der Waals surface area contributed by atoms with E-state index in [9.17, 15) is 13.2 Å². The van der Waals surface area contributed by atoms with Crippen LogP contribution in [0.5, 0.6) is 0 Å². The summed E-state index contributed by atoms with van der Waals surface area (Å²) in [5, 5.41) is 7.80. The molecule has 0 atom stereocenters. The molecule has 0 fully saturated rings. The minimum atomic E-state index is -3.77. The number of anilines is 1. The number of hydrogen-bond donors (Lipinski definition) is 2. The fourth-order valence-corrected chi connectivity index (χ4v) is 3.84. The Bertz CT molecular complexity index is 1260. The van der Waals surface area contributed by atoms with Crippen molar-refractivity contribution in [3.8, 4) is 0 Å². The van der Waals surface area contributed by atoms with Crippen molar-refractivity contribution in [1.29, 1.82) is 0 Å². The summed E-state index contributed by atoms with van der Waals surface area (Å²) in [5.74, 6) is -0.506. The first-order valence-electron chi connectivity index (χ1n) is 10.1. The molecule has 0 heterocycles. The summed E-state index contributed by atoms with van der Waals surface area (Å²) >= 11 is 0. The number of carbonyl (C=O) groups excluding carboxylic acids is 1. The van der Waals surface area contributed by atoms with Crippen LogP contribution in [-0.4, -0.2) is 32.9 Å². The Balaban J connectivity index is 1.58. The molecule has 0 radical (unpaired) electrons. The molecule has 0 aliphatic rings. The number of aryl methyl sites for hydroxylation is 1. The minimum absolute atomic E-state index is 0.150. The molecule has 3 aromatic rings. The first-order valence-corrected chi connectivity index (χ1v) is 11.6. The highest BCUT2D eigenvalue weighted by atomic mass is 32.2. The third-order valence-corrected chi connectivity index (χ3v) is 5.90. The smallest absolute Gasteiger partial charge is 0.280 e. The third-order valence-electron chi connectivity index (χ3n) is 4.52. The average molecular weight is 465 g/mol. The number of hydrazone groups is 1. The van der Waals surface area contributed by atoms with Gasteiger partial charge in [0.05, 0.1) is 22.5 Å². The van der Waals surface area contributed by atoms with E-state index in [1.807, 2.05) is 37.3 Å². The van der Waals surface area contributed by atoms with Crippen molar-refractivity contribution in [2.24, 2.45) is 10.3 Å². The van der Waals surface area contributed by atoms with Crippen molar-refractivity contribution in [1.82, 2.24) is 5.43 Å². The number of nitrogens with zero attached hydrogens (tertiary/aromatic N) is 2. The monoisotopic (exact) mass is 464 g/mol. The molecule has 170 valence electrons. The standard InChI is InChI=1S/C24H24N4O4S/c1-18-12-14-22(15-13-18)33(30,31)28-23-11-7-6-10-21(23)16-25-26-24(29)17-32-27-19(2)20-8-4-3-5-9-20/h3-16,28H,17H2,1-2H3,(H,26,29)/b25-16-,27-19+. The normalized spacial score (nSPS) is 11.9. The predicted octanol–water partition coefficient (Wildman–Crippen LogP) is 3.69. The van der Waals surface area contributed by atoms with Gasteiger partial charge in [0.25, 0.3) is 15.9 Å². The van der Waals surface area contributed by atoms with E-state index in [0.717, 1.165) is 11.1 Å². The molecule has 2 N–H and O–H groups in total. The van der Waals surface area contributed by atoms with E-state index < -0.39 is 15.9 Å². The van der Waals surface area contributed by atoms with E-state index in [-0.39, 0.29) is 11.5 Å². The number of sulfonamides is 1. The molecule has 0 aliphatic carbocycles. The van der Waals surface area contributed by atoms with Gasteiger partial charge in [-0.3, -0.25) is 9.52 Å². The van der Waals surface area contributed by atoms with Crippen LogP contribution in [0, 0.1) is 6.92 Å². The lowest BCUT2D eigenvalue weighted by molar-refractivity contribution is -0.125. The molecule has 1 amide bonds. The third kappa shape index (κ3) is 7.01. The molecular weight excluding hydrogens is 440 g/mol. The summed E-state index contributed by atoms with van der Waals surface area (Å²) in [5.41, 5.74) is 5.63. The van der Waals surface area contributed by atoms with Crippen LogP contribution in [-0.2, 0) is 19.7 Å². The highest BCUT2D eigenvalue weighted by molar-refractivity contribution is 7.92. The SMILES string of the molecule is C/C(=N\OCC(=O)N/N=C\c1ccccc1NS(=O)(=O)c1ccc(C)cc1)c1ccccc1. The average Bonchev–Trinajstić information content (AvgIpc) is 2.81. The van der Waals surface area contributed by atoms with E-state index in [4.69, 9.17) is 4.84 Å².